The number of H-pyrrole nitrogens is 1. The molecule has 1 atom stereocenters. The number of aromatic amines is 1. The molecule has 0 aromatic carbocycles. The number of nitrogens with zero attached hydrogens (tertiary/aromatic N) is 2. The second-order valence-corrected chi connectivity index (χ2v) is 7.47. The number of nitrogens with one attached hydrogen (secondary N) is 2. The van der Waals surface area contributed by atoms with Gasteiger partial charge >= 0.3 is 0 Å². The van der Waals surface area contributed by atoms with Crippen LogP contribution in [0.5, 0.6) is 0 Å². The average molecular weight is 370 g/mol. The molecule has 1 saturated heterocycles. The third kappa shape index (κ3) is 4.07. The van der Waals surface area contributed by atoms with Gasteiger partial charge in [0, 0.05) is 37.7 Å². The van der Waals surface area contributed by atoms with Gasteiger partial charge in [-0.05, 0) is 56.2 Å². The van der Waals surface area contributed by atoms with Crippen molar-refractivity contribution in [3.63, 3.8) is 0 Å². The van der Waals surface area contributed by atoms with E-state index in [1.54, 1.807) is 17.0 Å². The minimum Gasteiger partial charge on any atom is -0.459 e. The highest BCUT2D eigenvalue weighted by molar-refractivity contribution is 5.91. The van der Waals surface area contributed by atoms with Crippen LogP contribution in [0.2, 0.25) is 0 Å². The first-order valence-corrected chi connectivity index (χ1v) is 9.88. The van der Waals surface area contributed by atoms with Gasteiger partial charge in [-0.25, -0.2) is 0 Å². The summed E-state index contributed by atoms with van der Waals surface area (Å²) in [4.78, 5) is 26.6. The van der Waals surface area contributed by atoms with Gasteiger partial charge in [0.25, 0.3) is 5.91 Å². The molecule has 3 heterocycles. The molecule has 1 aliphatic heterocycles. The van der Waals surface area contributed by atoms with Gasteiger partial charge in [-0.2, -0.15) is 5.10 Å². The second-order valence-electron chi connectivity index (χ2n) is 7.47. The molecule has 7 nitrogen and oxygen atoms in total. The summed E-state index contributed by atoms with van der Waals surface area (Å²) in [6.45, 7) is 1.23. The first-order valence-electron chi connectivity index (χ1n) is 9.88. The van der Waals surface area contributed by atoms with E-state index in [0.717, 1.165) is 31.4 Å². The normalized spacial score (nSPS) is 19.6. The Morgan fingerprint density at radius 3 is 3.04 bits per heavy atom. The number of amides is 2. The molecule has 0 saturated carbocycles. The molecular formula is C20H26N4O3. The summed E-state index contributed by atoms with van der Waals surface area (Å²) in [5.41, 5.74) is 3.61. The Balaban J connectivity index is 1.28. The summed E-state index contributed by atoms with van der Waals surface area (Å²) < 4.78 is 5.20. The molecule has 2 aliphatic rings. The monoisotopic (exact) mass is 370 g/mol. The Kier molecular flexibility index (Phi) is 5.27. The topological polar surface area (TPSA) is 91.2 Å². The number of hydrogen-bond donors (Lipinski definition) is 2. The van der Waals surface area contributed by atoms with E-state index >= 15 is 0 Å². The van der Waals surface area contributed by atoms with Crippen LogP contribution in [0, 0.1) is 0 Å². The van der Waals surface area contributed by atoms with E-state index in [1.807, 2.05) is 0 Å². The quantitative estimate of drug-likeness (QED) is 0.844. The van der Waals surface area contributed by atoms with Crippen LogP contribution in [0.15, 0.2) is 22.8 Å². The zero-order valence-corrected chi connectivity index (χ0v) is 15.5. The van der Waals surface area contributed by atoms with Crippen LogP contribution in [0.4, 0.5) is 0 Å². The van der Waals surface area contributed by atoms with Crippen molar-refractivity contribution in [2.75, 3.05) is 13.1 Å². The third-order valence-corrected chi connectivity index (χ3v) is 5.54. The number of furan rings is 1. The summed E-state index contributed by atoms with van der Waals surface area (Å²) in [5, 5.41) is 10.6. The molecule has 0 unspecified atom stereocenters. The molecule has 144 valence electrons. The van der Waals surface area contributed by atoms with Crippen molar-refractivity contribution in [3.05, 3.63) is 41.1 Å². The van der Waals surface area contributed by atoms with Gasteiger partial charge in [-0.1, -0.05) is 0 Å². The van der Waals surface area contributed by atoms with Crippen molar-refractivity contribution in [2.24, 2.45) is 0 Å². The molecule has 27 heavy (non-hydrogen) atoms. The number of likely N-dealkylation sites (tertiary alicyclic amines) is 1. The Bertz CT molecular complexity index is 796. The maximum atomic E-state index is 12.4. The lowest BCUT2D eigenvalue weighted by Gasteiger charge is -2.32. The van der Waals surface area contributed by atoms with Crippen molar-refractivity contribution < 1.29 is 14.0 Å². The maximum absolute atomic E-state index is 12.4. The van der Waals surface area contributed by atoms with Gasteiger partial charge in [0.15, 0.2) is 5.76 Å². The summed E-state index contributed by atoms with van der Waals surface area (Å²) >= 11 is 0. The summed E-state index contributed by atoms with van der Waals surface area (Å²) in [5.74, 6) is 0.271. The fraction of sp³-hybridized carbons (Fsp3) is 0.550. The highest BCUT2D eigenvalue weighted by Gasteiger charge is 2.27. The molecule has 2 N–H and O–H groups in total. The molecule has 7 heteroatoms. The van der Waals surface area contributed by atoms with Crippen molar-refractivity contribution in [1.82, 2.24) is 20.4 Å². The van der Waals surface area contributed by atoms with Gasteiger partial charge in [-0.15, -0.1) is 0 Å². The number of aromatic nitrogens is 2. The lowest BCUT2D eigenvalue weighted by Crippen LogP contribution is -2.49. The molecule has 0 bridgehead atoms. The van der Waals surface area contributed by atoms with E-state index in [4.69, 9.17) is 4.42 Å². The molecule has 0 radical (unpaired) electrons. The minimum atomic E-state index is -0.109. The summed E-state index contributed by atoms with van der Waals surface area (Å²) in [6, 6.07) is 3.39. The zero-order chi connectivity index (χ0) is 18.6. The van der Waals surface area contributed by atoms with Gasteiger partial charge < -0.3 is 14.6 Å². The standard InChI is InChI=1S/C20H26N4O3/c25-19(10-9-17-15-6-1-2-7-16(15)22-23-17)21-14-5-3-11-24(13-14)20(26)18-8-4-12-27-18/h4,8,12,14H,1-3,5-7,9-11,13H2,(H,21,25)(H,22,23)/t14-/m0/s1. The van der Waals surface area contributed by atoms with E-state index in [-0.39, 0.29) is 17.9 Å². The van der Waals surface area contributed by atoms with E-state index in [1.165, 1.54) is 30.4 Å². The van der Waals surface area contributed by atoms with E-state index in [2.05, 4.69) is 15.5 Å². The predicted octanol–water partition coefficient (Wildman–Crippen LogP) is 2.24. The van der Waals surface area contributed by atoms with Crippen molar-refractivity contribution in [3.8, 4) is 0 Å². The number of rotatable bonds is 5. The number of carbonyl (C=O) groups excluding carboxylic acids is 2. The molecular weight excluding hydrogens is 344 g/mol. The number of fused-ring (bicyclic) bond motifs is 1. The maximum Gasteiger partial charge on any atom is 0.289 e. The number of piperidine rings is 1. The van der Waals surface area contributed by atoms with E-state index in [9.17, 15) is 9.59 Å². The van der Waals surface area contributed by atoms with Crippen LogP contribution in [-0.2, 0) is 24.1 Å². The fourth-order valence-electron chi connectivity index (χ4n) is 4.12. The van der Waals surface area contributed by atoms with Gasteiger partial charge in [-0.3, -0.25) is 14.7 Å². The van der Waals surface area contributed by atoms with Crippen LogP contribution >= 0.6 is 0 Å². The minimum absolute atomic E-state index is 0.00161. The van der Waals surface area contributed by atoms with E-state index < -0.39 is 0 Å². The van der Waals surface area contributed by atoms with Gasteiger partial charge in [0.2, 0.25) is 5.91 Å². The number of hydrogen-bond acceptors (Lipinski definition) is 4. The highest BCUT2D eigenvalue weighted by atomic mass is 16.3. The fourth-order valence-corrected chi connectivity index (χ4v) is 4.12. The first kappa shape index (κ1) is 17.8. The van der Waals surface area contributed by atoms with Crippen LogP contribution in [0.3, 0.4) is 0 Å². The van der Waals surface area contributed by atoms with Crippen molar-refractivity contribution in [1.29, 1.82) is 0 Å². The Morgan fingerprint density at radius 2 is 2.19 bits per heavy atom. The summed E-state index contributed by atoms with van der Waals surface area (Å²) in [7, 11) is 0. The molecule has 0 spiro atoms. The Labute approximate surface area is 158 Å². The first-order chi connectivity index (χ1) is 13.2. The zero-order valence-electron chi connectivity index (χ0n) is 15.5. The van der Waals surface area contributed by atoms with E-state index in [0.29, 0.717) is 31.7 Å². The van der Waals surface area contributed by atoms with Crippen LogP contribution in [0.25, 0.3) is 0 Å². The lowest BCUT2D eigenvalue weighted by atomic mass is 9.94. The predicted molar refractivity (Wildman–Crippen MR) is 99.3 cm³/mol. The third-order valence-electron chi connectivity index (χ3n) is 5.54. The van der Waals surface area contributed by atoms with Crippen LogP contribution in [-0.4, -0.2) is 46.0 Å². The van der Waals surface area contributed by atoms with Crippen molar-refractivity contribution in [2.45, 2.75) is 57.4 Å². The molecule has 2 aromatic rings. The van der Waals surface area contributed by atoms with Gasteiger partial charge in [0.05, 0.1) is 12.0 Å². The lowest BCUT2D eigenvalue weighted by molar-refractivity contribution is -0.122. The SMILES string of the molecule is O=C(CCc1n[nH]c2c1CCCC2)N[C@H]1CCCN(C(=O)c2ccco2)C1. The highest BCUT2D eigenvalue weighted by Crippen LogP contribution is 2.23. The van der Waals surface area contributed by atoms with Crippen molar-refractivity contribution >= 4 is 11.8 Å². The molecule has 1 fully saturated rings. The summed E-state index contributed by atoms with van der Waals surface area (Å²) in [6.07, 6.45) is 8.92. The molecule has 2 amide bonds. The average Bonchev–Trinajstić information content (AvgIpc) is 3.36. The smallest absolute Gasteiger partial charge is 0.289 e. The molecule has 2 aromatic heterocycles. The Hall–Kier alpha value is -2.57. The second kappa shape index (κ2) is 7.98. The number of aryl methyl sites for hydroxylation is 2. The van der Waals surface area contributed by atoms with Crippen LogP contribution < -0.4 is 5.32 Å². The molecule has 4 rings (SSSR count). The largest absolute Gasteiger partial charge is 0.459 e. The number of carbonyl (C=O) groups is 2. The van der Waals surface area contributed by atoms with Crippen LogP contribution in [0.1, 0.15) is 59.6 Å². The molecule has 1 aliphatic carbocycles. The van der Waals surface area contributed by atoms with Gasteiger partial charge in [0.1, 0.15) is 0 Å². The Morgan fingerprint density at radius 1 is 1.30 bits per heavy atom.